The van der Waals surface area contributed by atoms with Crippen molar-refractivity contribution in [2.75, 3.05) is 5.32 Å². The Labute approximate surface area is 176 Å². The number of rotatable bonds is 7. The van der Waals surface area contributed by atoms with E-state index in [1.807, 2.05) is 32.9 Å². The van der Waals surface area contributed by atoms with Crippen LogP contribution in [0.25, 0.3) is 0 Å². The summed E-state index contributed by atoms with van der Waals surface area (Å²) in [6.45, 7) is 5.85. The lowest BCUT2D eigenvalue weighted by molar-refractivity contribution is 0.462. The van der Waals surface area contributed by atoms with E-state index in [0.29, 0.717) is 16.3 Å². The molecule has 2 N–H and O–H groups in total. The second kappa shape index (κ2) is 9.47. The summed E-state index contributed by atoms with van der Waals surface area (Å²) in [5.74, 6) is 0.231. The van der Waals surface area contributed by atoms with Crippen LogP contribution in [0.4, 0.5) is 5.69 Å². The largest absolute Gasteiger partial charge is 0.367 e. The van der Waals surface area contributed by atoms with Gasteiger partial charge in [-0.3, -0.25) is 0 Å². The number of allylic oxidation sites excluding steroid dienone is 1. The Morgan fingerprint density at radius 2 is 1.72 bits per heavy atom. The first kappa shape index (κ1) is 22.3. The average Bonchev–Trinajstić information content (AvgIpc) is 2.68. The third kappa shape index (κ3) is 5.51. The van der Waals surface area contributed by atoms with E-state index in [9.17, 15) is 13.7 Å². The summed E-state index contributed by atoms with van der Waals surface area (Å²) >= 11 is 5.85. The molecular formula is C21H21ClN4O2S. The Hall–Kier alpha value is -3.00. The third-order valence-corrected chi connectivity index (χ3v) is 6.33. The maximum Gasteiger partial charge on any atom is 0.220 e. The SMILES string of the molecule is CC(C)C(C)NC(Nc1cccc(C#N)c1)=C(C#N)S(=O)(=O)c1ccc(Cl)cc1. The number of sulfone groups is 1. The Morgan fingerprint density at radius 1 is 1.07 bits per heavy atom. The summed E-state index contributed by atoms with van der Waals surface area (Å²) in [6.07, 6.45) is 0. The molecule has 29 heavy (non-hydrogen) atoms. The Morgan fingerprint density at radius 3 is 2.28 bits per heavy atom. The molecule has 0 amide bonds. The van der Waals surface area contributed by atoms with Gasteiger partial charge in [0.05, 0.1) is 16.5 Å². The van der Waals surface area contributed by atoms with E-state index in [1.54, 1.807) is 24.3 Å². The molecule has 0 spiro atoms. The van der Waals surface area contributed by atoms with E-state index >= 15 is 0 Å². The van der Waals surface area contributed by atoms with Crippen molar-refractivity contribution in [2.24, 2.45) is 5.92 Å². The summed E-state index contributed by atoms with van der Waals surface area (Å²) in [7, 11) is -4.10. The molecule has 0 aliphatic heterocycles. The molecule has 6 nitrogen and oxygen atoms in total. The summed E-state index contributed by atoms with van der Waals surface area (Å²) in [5.41, 5.74) is 0.895. The van der Waals surface area contributed by atoms with Crippen molar-refractivity contribution in [3.8, 4) is 12.1 Å². The van der Waals surface area contributed by atoms with Gasteiger partial charge in [0.2, 0.25) is 9.84 Å². The molecule has 2 rings (SSSR count). The number of halogens is 1. The minimum atomic E-state index is -4.10. The maximum atomic E-state index is 13.1. The van der Waals surface area contributed by atoms with Gasteiger partial charge in [0.1, 0.15) is 11.9 Å². The number of nitrogens with zero attached hydrogens (tertiary/aromatic N) is 2. The number of anilines is 1. The zero-order valence-electron chi connectivity index (χ0n) is 16.3. The molecule has 0 aliphatic carbocycles. The van der Waals surface area contributed by atoms with Crippen molar-refractivity contribution >= 4 is 27.1 Å². The van der Waals surface area contributed by atoms with Gasteiger partial charge in [0.25, 0.3) is 0 Å². The lowest BCUT2D eigenvalue weighted by Gasteiger charge is -2.23. The van der Waals surface area contributed by atoms with E-state index in [2.05, 4.69) is 10.6 Å². The molecule has 1 unspecified atom stereocenters. The van der Waals surface area contributed by atoms with Crippen LogP contribution in [0.3, 0.4) is 0 Å². The molecule has 0 heterocycles. The predicted octanol–water partition coefficient (Wildman–Crippen LogP) is 4.42. The number of hydrogen-bond donors (Lipinski definition) is 2. The van der Waals surface area contributed by atoms with E-state index in [1.165, 1.54) is 24.3 Å². The van der Waals surface area contributed by atoms with Crippen LogP contribution in [0, 0.1) is 28.6 Å². The van der Waals surface area contributed by atoms with Crippen LogP contribution in [0.15, 0.2) is 64.2 Å². The molecule has 0 saturated carbocycles. The molecule has 0 aromatic heterocycles. The van der Waals surface area contributed by atoms with Crippen LogP contribution in [0.5, 0.6) is 0 Å². The van der Waals surface area contributed by atoms with Crippen molar-refractivity contribution in [1.29, 1.82) is 10.5 Å². The predicted molar refractivity (Wildman–Crippen MR) is 113 cm³/mol. The third-order valence-electron chi connectivity index (χ3n) is 4.35. The fourth-order valence-corrected chi connectivity index (χ4v) is 3.70. The van der Waals surface area contributed by atoms with Crippen molar-refractivity contribution in [3.05, 3.63) is 69.8 Å². The van der Waals surface area contributed by atoms with Crippen molar-refractivity contribution in [1.82, 2.24) is 5.32 Å². The first-order chi connectivity index (χ1) is 13.7. The number of benzene rings is 2. The zero-order valence-corrected chi connectivity index (χ0v) is 17.8. The molecule has 2 aromatic carbocycles. The summed E-state index contributed by atoms with van der Waals surface area (Å²) in [6, 6.07) is 15.9. The number of nitriles is 2. The van der Waals surface area contributed by atoms with Gasteiger partial charge in [-0.25, -0.2) is 8.42 Å². The second-order valence-electron chi connectivity index (χ2n) is 6.77. The number of hydrogen-bond acceptors (Lipinski definition) is 6. The fraction of sp³-hybridized carbons (Fsp3) is 0.238. The van der Waals surface area contributed by atoms with Gasteiger partial charge >= 0.3 is 0 Å². The second-order valence-corrected chi connectivity index (χ2v) is 9.09. The van der Waals surface area contributed by atoms with Crippen LogP contribution in [0.1, 0.15) is 26.3 Å². The molecule has 0 aliphatic rings. The molecular weight excluding hydrogens is 408 g/mol. The highest BCUT2D eigenvalue weighted by molar-refractivity contribution is 7.95. The lowest BCUT2D eigenvalue weighted by Crippen LogP contribution is -2.35. The van der Waals surface area contributed by atoms with Gasteiger partial charge in [0, 0.05) is 16.8 Å². The zero-order chi connectivity index (χ0) is 21.6. The maximum absolute atomic E-state index is 13.1. The van der Waals surface area contributed by atoms with Gasteiger partial charge in [-0.1, -0.05) is 31.5 Å². The van der Waals surface area contributed by atoms with Gasteiger partial charge < -0.3 is 10.6 Å². The summed E-state index contributed by atoms with van der Waals surface area (Å²) in [5, 5.41) is 25.3. The van der Waals surface area contributed by atoms with E-state index in [0.717, 1.165) is 0 Å². The van der Waals surface area contributed by atoms with Gasteiger partial charge in [0.15, 0.2) is 4.91 Å². The van der Waals surface area contributed by atoms with Crippen molar-refractivity contribution in [3.63, 3.8) is 0 Å². The van der Waals surface area contributed by atoms with Gasteiger partial charge in [-0.05, 0) is 55.3 Å². The van der Waals surface area contributed by atoms with Crippen molar-refractivity contribution in [2.45, 2.75) is 31.7 Å². The molecule has 150 valence electrons. The number of nitrogens with one attached hydrogen (secondary N) is 2. The van der Waals surface area contributed by atoms with Gasteiger partial charge in [-0.15, -0.1) is 0 Å². The molecule has 0 radical (unpaired) electrons. The van der Waals surface area contributed by atoms with Crippen molar-refractivity contribution < 1.29 is 8.42 Å². The molecule has 0 bridgehead atoms. The molecule has 0 saturated heterocycles. The van der Waals surface area contributed by atoms with Crippen LogP contribution >= 0.6 is 11.6 Å². The molecule has 8 heteroatoms. The quantitative estimate of drug-likeness (QED) is 0.632. The monoisotopic (exact) mass is 428 g/mol. The first-order valence-electron chi connectivity index (χ1n) is 8.87. The van der Waals surface area contributed by atoms with Crippen LogP contribution in [0.2, 0.25) is 5.02 Å². The fourth-order valence-electron chi connectivity index (χ4n) is 2.35. The highest BCUT2D eigenvalue weighted by Crippen LogP contribution is 2.24. The first-order valence-corrected chi connectivity index (χ1v) is 10.7. The normalized spacial score (nSPS) is 13.1. The van der Waals surface area contributed by atoms with E-state index in [-0.39, 0.29) is 22.7 Å². The van der Waals surface area contributed by atoms with Crippen LogP contribution in [-0.4, -0.2) is 14.5 Å². The van der Waals surface area contributed by atoms with E-state index in [4.69, 9.17) is 16.9 Å². The lowest BCUT2D eigenvalue weighted by atomic mass is 10.1. The van der Waals surface area contributed by atoms with Crippen LogP contribution in [-0.2, 0) is 9.84 Å². The van der Waals surface area contributed by atoms with Gasteiger partial charge in [-0.2, -0.15) is 10.5 Å². The average molecular weight is 429 g/mol. The smallest absolute Gasteiger partial charge is 0.220 e. The Bertz CT molecular complexity index is 1090. The minimum Gasteiger partial charge on any atom is -0.367 e. The highest BCUT2D eigenvalue weighted by atomic mass is 35.5. The summed E-state index contributed by atoms with van der Waals surface area (Å²) in [4.78, 5) is -0.489. The minimum absolute atomic E-state index is 0.0393. The van der Waals surface area contributed by atoms with E-state index < -0.39 is 14.7 Å². The van der Waals surface area contributed by atoms with Crippen LogP contribution < -0.4 is 10.6 Å². The molecule has 1 atom stereocenters. The molecule has 2 aromatic rings. The topological polar surface area (TPSA) is 106 Å². The standard InChI is InChI=1S/C21H21ClN4O2S/c1-14(2)15(3)25-21(26-18-6-4-5-16(11-18)12-23)20(13-24)29(27,28)19-9-7-17(22)8-10-19/h4-11,14-15,25-26H,1-3H3. The Kier molecular flexibility index (Phi) is 7.28. The molecule has 0 fully saturated rings. The summed E-state index contributed by atoms with van der Waals surface area (Å²) < 4.78 is 26.3. The highest BCUT2D eigenvalue weighted by Gasteiger charge is 2.26. The Balaban J connectivity index is 2.60.